The molecule has 1 aromatic carbocycles. The quantitative estimate of drug-likeness (QED) is 0.502. The Hall–Kier alpha value is -2.89. The van der Waals surface area contributed by atoms with Crippen molar-refractivity contribution in [1.82, 2.24) is 0 Å². The van der Waals surface area contributed by atoms with E-state index in [-0.39, 0.29) is 17.1 Å². The molecule has 2 aromatic rings. The average molecular weight is 346 g/mol. The fraction of sp³-hybridized carbons (Fsp3) is 0.125. The molecule has 0 unspecified atom stereocenters. The summed E-state index contributed by atoms with van der Waals surface area (Å²) in [7, 11) is -3.76. The molecule has 124 valence electrons. The van der Waals surface area contributed by atoms with Crippen molar-refractivity contribution in [2.75, 3.05) is 6.61 Å². The second kappa shape index (κ2) is 7.12. The monoisotopic (exact) mass is 346 g/mol. The standard InChI is InChI=1S/C16H14N2O5S/c1-2-22-16(19)12(10-17)9-13-5-8-15(23-13)11-3-6-14(7-4-11)24(18,20)21/h3-9H,2H2,1H3,(H2,18,20,21)/b12-9+. The summed E-state index contributed by atoms with van der Waals surface area (Å²) in [5.41, 5.74) is 0.444. The zero-order valence-corrected chi connectivity index (χ0v) is 13.5. The summed E-state index contributed by atoms with van der Waals surface area (Å²) in [6, 6.07) is 10.8. The molecular weight excluding hydrogens is 332 g/mol. The summed E-state index contributed by atoms with van der Waals surface area (Å²) in [6.45, 7) is 1.81. The Morgan fingerprint density at radius 2 is 1.96 bits per heavy atom. The first-order valence-electron chi connectivity index (χ1n) is 6.87. The van der Waals surface area contributed by atoms with Crippen molar-refractivity contribution >= 4 is 22.1 Å². The number of benzene rings is 1. The van der Waals surface area contributed by atoms with Crippen LogP contribution in [0.25, 0.3) is 17.4 Å². The molecule has 0 bridgehead atoms. The number of primary sulfonamides is 1. The number of carbonyl (C=O) groups is 1. The van der Waals surface area contributed by atoms with Crippen LogP contribution in [0.15, 0.2) is 51.3 Å². The number of hydrogen-bond donors (Lipinski definition) is 1. The number of sulfonamides is 1. The average Bonchev–Trinajstić information content (AvgIpc) is 3.00. The van der Waals surface area contributed by atoms with Crippen LogP contribution in [0.4, 0.5) is 0 Å². The third-order valence-electron chi connectivity index (χ3n) is 3.00. The van der Waals surface area contributed by atoms with Crippen LogP contribution in [0.3, 0.4) is 0 Å². The third kappa shape index (κ3) is 4.10. The minimum absolute atomic E-state index is 0.00740. The van der Waals surface area contributed by atoms with E-state index in [0.29, 0.717) is 17.1 Å². The molecule has 0 radical (unpaired) electrons. The number of carbonyl (C=O) groups excluding carboxylic acids is 1. The van der Waals surface area contributed by atoms with Gasteiger partial charge in [0.15, 0.2) is 0 Å². The van der Waals surface area contributed by atoms with Crippen molar-refractivity contribution < 1.29 is 22.4 Å². The number of esters is 1. The third-order valence-corrected chi connectivity index (χ3v) is 3.93. The highest BCUT2D eigenvalue weighted by Crippen LogP contribution is 2.24. The molecule has 2 N–H and O–H groups in total. The summed E-state index contributed by atoms with van der Waals surface area (Å²) in [4.78, 5) is 11.6. The molecule has 0 aliphatic carbocycles. The smallest absolute Gasteiger partial charge is 0.349 e. The molecule has 0 saturated heterocycles. The van der Waals surface area contributed by atoms with Gasteiger partial charge in [-0.15, -0.1) is 0 Å². The molecule has 8 heteroatoms. The molecule has 1 heterocycles. The van der Waals surface area contributed by atoms with Crippen molar-refractivity contribution in [3.8, 4) is 17.4 Å². The Labute approximate surface area is 139 Å². The molecular formula is C16H14N2O5S. The van der Waals surface area contributed by atoms with Crippen LogP contribution in [-0.2, 0) is 19.6 Å². The van der Waals surface area contributed by atoms with Crippen LogP contribution >= 0.6 is 0 Å². The summed E-state index contributed by atoms with van der Waals surface area (Å²) in [5.74, 6) is 0.0175. The topological polar surface area (TPSA) is 123 Å². The fourth-order valence-electron chi connectivity index (χ4n) is 1.88. The predicted octanol–water partition coefficient (Wildman–Crippen LogP) is 2.06. The first kappa shape index (κ1) is 17.5. The lowest BCUT2D eigenvalue weighted by Crippen LogP contribution is -2.11. The van der Waals surface area contributed by atoms with E-state index < -0.39 is 16.0 Å². The molecule has 2 rings (SSSR count). The zero-order chi connectivity index (χ0) is 17.7. The zero-order valence-electron chi connectivity index (χ0n) is 12.7. The van der Waals surface area contributed by atoms with Crippen molar-refractivity contribution in [3.05, 3.63) is 47.7 Å². The number of furan rings is 1. The fourth-order valence-corrected chi connectivity index (χ4v) is 2.40. The van der Waals surface area contributed by atoms with E-state index in [0.717, 1.165) is 0 Å². The van der Waals surface area contributed by atoms with E-state index in [1.54, 1.807) is 37.3 Å². The highest BCUT2D eigenvalue weighted by molar-refractivity contribution is 7.89. The molecule has 0 aliphatic rings. The van der Waals surface area contributed by atoms with Gasteiger partial charge < -0.3 is 9.15 Å². The maximum Gasteiger partial charge on any atom is 0.349 e. The minimum Gasteiger partial charge on any atom is -0.462 e. The molecule has 0 fully saturated rings. The summed E-state index contributed by atoms with van der Waals surface area (Å²) >= 11 is 0. The highest BCUT2D eigenvalue weighted by atomic mass is 32.2. The number of nitrogens with two attached hydrogens (primary N) is 1. The van der Waals surface area contributed by atoms with Gasteiger partial charge in [-0.25, -0.2) is 18.4 Å². The van der Waals surface area contributed by atoms with Gasteiger partial charge in [0.1, 0.15) is 23.2 Å². The van der Waals surface area contributed by atoms with Crippen molar-refractivity contribution in [3.63, 3.8) is 0 Å². The number of ether oxygens (including phenoxy) is 1. The van der Waals surface area contributed by atoms with Crippen LogP contribution in [0.5, 0.6) is 0 Å². The number of hydrogen-bond acceptors (Lipinski definition) is 6. The van der Waals surface area contributed by atoms with Crippen LogP contribution in [0, 0.1) is 11.3 Å². The second-order valence-corrected chi connectivity index (χ2v) is 6.22. The Kier molecular flexibility index (Phi) is 5.18. The number of nitrogens with zero attached hydrogens (tertiary/aromatic N) is 1. The highest BCUT2D eigenvalue weighted by Gasteiger charge is 2.12. The van der Waals surface area contributed by atoms with Gasteiger partial charge in [-0.2, -0.15) is 5.26 Å². The van der Waals surface area contributed by atoms with E-state index >= 15 is 0 Å². The van der Waals surface area contributed by atoms with E-state index in [4.69, 9.17) is 19.6 Å². The largest absolute Gasteiger partial charge is 0.462 e. The molecule has 0 aliphatic heterocycles. The molecule has 1 aromatic heterocycles. The Bertz CT molecular complexity index is 918. The van der Waals surface area contributed by atoms with Gasteiger partial charge >= 0.3 is 5.97 Å². The Morgan fingerprint density at radius 1 is 1.29 bits per heavy atom. The first-order chi connectivity index (χ1) is 11.3. The van der Waals surface area contributed by atoms with Crippen molar-refractivity contribution in [2.24, 2.45) is 5.14 Å². The minimum atomic E-state index is -3.76. The summed E-state index contributed by atoms with van der Waals surface area (Å²) in [6.07, 6.45) is 1.28. The van der Waals surface area contributed by atoms with Gasteiger partial charge in [-0.1, -0.05) is 0 Å². The summed E-state index contributed by atoms with van der Waals surface area (Å²) in [5, 5.41) is 14.0. The van der Waals surface area contributed by atoms with Gasteiger partial charge in [0.25, 0.3) is 0 Å². The first-order valence-corrected chi connectivity index (χ1v) is 8.41. The van der Waals surface area contributed by atoms with Crippen LogP contribution in [-0.4, -0.2) is 21.0 Å². The molecule has 0 amide bonds. The van der Waals surface area contributed by atoms with Crippen molar-refractivity contribution in [2.45, 2.75) is 11.8 Å². The lowest BCUT2D eigenvalue weighted by atomic mass is 10.2. The molecule has 7 nitrogen and oxygen atoms in total. The van der Waals surface area contributed by atoms with Gasteiger partial charge in [0.2, 0.25) is 10.0 Å². The van der Waals surface area contributed by atoms with Crippen LogP contribution < -0.4 is 5.14 Å². The van der Waals surface area contributed by atoms with Gasteiger partial charge in [0, 0.05) is 11.6 Å². The normalized spacial score (nSPS) is 11.8. The predicted molar refractivity (Wildman–Crippen MR) is 85.7 cm³/mol. The SMILES string of the molecule is CCOC(=O)/C(C#N)=C/c1ccc(-c2ccc(S(N)(=O)=O)cc2)o1. The van der Waals surface area contributed by atoms with E-state index in [1.807, 2.05) is 0 Å². The number of rotatable bonds is 5. The van der Waals surface area contributed by atoms with Crippen LogP contribution in [0.2, 0.25) is 0 Å². The van der Waals surface area contributed by atoms with Crippen LogP contribution in [0.1, 0.15) is 12.7 Å². The lowest BCUT2D eigenvalue weighted by molar-refractivity contribution is -0.137. The lowest BCUT2D eigenvalue weighted by Gasteiger charge is -2.00. The van der Waals surface area contributed by atoms with Gasteiger partial charge in [0.05, 0.1) is 11.5 Å². The second-order valence-electron chi connectivity index (χ2n) is 4.66. The maximum atomic E-state index is 11.6. The molecule has 0 spiro atoms. The van der Waals surface area contributed by atoms with Gasteiger partial charge in [-0.3, -0.25) is 0 Å². The molecule has 0 atom stereocenters. The van der Waals surface area contributed by atoms with Crippen molar-refractivity contribution in [1.29, 1.82) is 5.26 Å². The Morgan fingerprint density at radius 3 is 2.50 bits per heavy atom. The molecule has 24 heavy (non-hydrogen) atoms. The van der Waals surface area contributed by atoms with E-state index in [9.17, 15) is 13.2 Å². The van der Waals surface area contributed by atoms with E-state index in [1.165, 1.54) is 18.2 Å². The van der Waals surface area contributed by atoms with Gasteiger partial charge in [-0.05, 0) is 43.3 Å². The molecule has 0 saturated carbocycles. The summed E-state index contributed by atoms with van der Waals surface area (Å²) < 4.78 is 32.8. The Balaban J connectivity index is 2.28. The number of nitriles is 1. The maximum absolute atomic E-state index is 11.6. The van der Waals surface area contributed by atoms with E-state index in [2.05, 4.69) is 0 Å².